The zero-order chi connectivity index (χ0) is 18.6. The van der Waals surface area contributed by atoms with Crippen molar-refractivity contribution in [1.29, 1.82) is 0 Å². The van der Waals surface area contributed by atoms with E-state index in [0.717, 1.165) is 19.3 Å². The molecule has 9 heteroatoms. The quantitative estimate of drug-likeness (QED) is 0.418. The second-order valence-electron chi connectivity index (χ2n) is 5.96. The van der Waals surface area contributed by atoms with Gasteiger partial charge in [-0.2, -0.15) is 9.41 Å². The molecule has 1 fully saturated rings. The molecule has 1 aromatic carbocycles. The minimum Gasteiger partial charge on any atom is -0.504 e. The molecule has 1 aliphatic rings. The van der Waals surface area contributed by atoms with Gasteiger partial charge in [0.05, 0.1) is 6.21 Å². The zero-order valence-corrected chi connectivity index (χ0v) is 14.9. The Hall–Kier alpha value is -2.65. The molecule has 8 nitrogen and oxygen atoms in total. The van der Waals surface area contributed by atoms with Gasteiger partial charge in [0.1, 0.15) is 10.7 Å². The average molecular weight is 376 g/mol. The number of sulfonamides is 1. The summed E-state index contributed by atoms with van der Waals surface area (Å²) in [6.07, 6.45) is 5.58. The van der Waals surface area contributed by atoms with Crippen LogP contribution in [-0.2, 0) is 10.0 Å². The normalized spacial score (nSPS) is 16.0. The molecule has 0 radical (unpaired) electrons. The highest BCUT2D eigenvalue weighted by atomic mass is 32.2. The summed E-state index contributed by atoms with van der Waals surface area (Å²) in [7, 11) is -3.50. The van der Waals surface area contributed by atoms with E-state index in [0.29, 0.717) is 24.5 Å². The molecule has 0 unspecified atom stereocenters. The van der Waals surface area contributed by atoms with Crippen LogP contribution in [0.15, 0.2) is 46.5 Å². The first-order valence-corrected chi connectivity index (χ1v) is 9.68. The van der Waals surface area contributed by atoms with Crippen molar-refractivity contribution in [3.8, 4) is 11.5 Å². The van der Waals surface area contributed by atoms with Crippen LogP contribution in [0, 0.1) is 0 Å². The first-order chi connectivity index (χ1) is 12.5. The standard InChI is InChI=1S/C17H20N4O4S/c22-15-6-4-13(10-16(15)23)11-19-20-17-7-5-14(12-18-17)26(24,25)21-8-2-1-3-9-21/h4-7,10-12,22-23H,1-3,8-9H2,(H,18,20)/b19-11+. The summed E-state index contributed by atoms with van der Waals surface area (Å²) < 4.78 is 26.6. The summed E-state index contributed by atoms with van der Waals surface area (Å²) >= 11 is 0. The van der Waals surface area contributed by atoms with Gasteiger partial charge in [-0.15, -0.1) is 0 Å². The fourth-order valence-electron chi connectivity index (χ4n) is 2.65. The van der Waals surface area contributed by atoms with Gasteiger partial charge in [0, 0.05) is 19.3 Å². The van der Waals surface area contributed by atoms with Gasteiger partial charge in [-0.1, -0.05) is 6.42 Å². The maximum atomic E-state index is 12.5. The molecular weight excluding hydrogens is 356 g/mol. The number of rotatable bonds is 5. The Kier molecular flexibility index (Phi) is 5.38. The van der Waals surface area contributed by atoms with Gasteiger partial charge in [-0.3, -0.25) is 5.43 Å². The molecule has 2 heterocycles. The molecule has 0 atom stereocenters. The van der Waals surface area contributed by atoms with Crippen LogP contribution in [0.2, 0.25) is 0 Å². The van der Waals surface area contributed by atoms with E-state index in [1.165, 1.54) is 34.9 Å². The molecule has 0 bridgehead atoms. The van der Waals surface area contributed by atoms with E-state index in [1.54, 1.807) is 12.1 Å². The van der Waals surface area contributed by atoms with Crippen LogP contribution >= 0.6 is 0 Å². The SMILES string of the molecule is O=S(=O)(c1ccc(N/N=C/c2ccc(O)c(O)c2)nc1)N1CCCCC1. The fraction of sp³-hybridized carbons (Fsp3) is 0.294. The molecule has 26 heavy (non-hydrogen) atoms. The van der Waals surface area contributed by atoms with E-state index in [1.807, 2.05) is 0 Å². The number of hydrogen-bond donors (Lipinski definition) is 3. The molecule has 0 amide bonds. The molecular formula is C17H20N4O4S. The van der Waals surface area contributed by atoms with Crippen molar-refractivity contribution in [2.45, 2.75) is 24.2 Å². The largest absolute Gasteiger partial charge is 0.504 e. The molecule has 1 aliphatic heterocycles. The molecule has 0 saturated carbocycles. The third kappa shape index (κ3) is 4.12. The molecule has 3 N–H and O–H groups in total. The predicted molar refractivity (Wildman–Crippen MR) is 97.8 cm³/mol. The second kappa shape index (κ2) is 7.71. The summed E-state index contributed by atoms with van der Waals surface area (Å²) in [6.45, 7) is 1.10. The van der Waals surface area contributed by atoms with E-state index in [4.69, 9.17) is 0 Å². The van der Waals surface area contributed by atoms with Crippen LogP contribution in [0.25, 0.3) is 0 Å². The number of benzene rings is 1. The van der Waals surface area contributed by atoms with E-state index in [-0.39, 0.29) is 16.4 Å². The topological polar surface area (TPSA) is 115 Å². The van der Waals surface area contributed by atoms with Crippen molar-refractivity contribution in [2.24, 2.45) is 5.10 Å². The Morgan fingerprint density at radius 2 is 1.85 bits per heavy atom. The Morgan fingerprint density at radius 3 is 2.50 bits per heavy atom. The first kappa shape index (κ1) is 18.2. The highest BCUT2D eigenvalue weighted by molar-refractivity contribution is 7.89. The number of pyridine rings is 1. The van der Waals surface area contributed by atoms with E-state index < -0.39 is 10.0 Å². The lowest BCUT2D eigenvalue weighted by molar-refractivity contribution is 0.346. The molecule has 0 aliphatic carbocycles. The number of piperidine rings is 1. The Morgan fingerprint density at radius 1 is 1.08 bits per heavy atom. The van der Waals surface area contributed by atoms with E-state index >= 15 is 0 Å². The molecule has 2 aromatic rings. The van der Waals surface area contributed by atoms with Crippen molar-refractivity contribution < 1.29 is 18.6 Å². The number of phenolic OH excluding ortho intramolecular Hbond substituents is 2. The number of nitrogens with zero attached hydrogens (tertiary/aromatic N) is 3. The second-order valence-corrected chi connectivity index (χ2v) is 7.90. The lowest BCUT2D eigenvalue weighted by Crippen LogP contribution is -2.35. The number of phenols is 2. The monoisotopic (exact) mass is 376 g/mol. The highest BCUT2D eigenvalue weighted by Crippen LogP contribution is 2.24. The lowest BCUT2D eigenvalue weighted by atomic mass is 10.2. The maximum Gasteiger partial charge on any atom is 0.244 e. The van der Waals surface area contributed by atoms with Crippen molar-refractivity contribution >= 4 is 22.1 Å². The first-order valence-electron chi connectivity index (χ1n) is 8.24. The Labute approximate surface area is 151 Å². The molecule has 3 rings (SSSR count). The van der Waals surface area contributed by atoms with E-state index in [2.05, 4.69) is 15.5 Å². The Bertz CT molecular complexity index is 891. The predicted octanol–water partition coefficient (Wildman–Crippen LogP) is 2.11. The number of aromatic hydroxyl groups is 2. The van der Waals surface area contributed by atoms with Gasteiger partial charge < -0.3 is 10.2 Å². The molecule has 1 saturated heterocycles. The Balaban J connectivity index is 1.65. The van der Waals surface area contributed by atoms with Gasteiger partial charge in [0.15, 0.2) is 11.5 Å². The summed E-state index contributed by atoms with van der Waals surface area (Å²) in [5.41, 5.74) is 3.27. The van der Waals surface area contributed by atoms with Gasteiger partial charge in [0.2, 0.25) is 10.0 Å². The van der Waals surface area contributed by atoms with Crippen molar-refractivity contribution in [3.05, 3.63) is 42.1 Å². The van der Waals surface area contributed by atoms with Crippen LogP contribution in [0.3, 0.4) is 0 Å². The van der Waals surface area contributed by atoms with Crippen LogP contribution in [0.5, 0.6) is 11.5 Å². The molecule has 138 valence electrons. The average Bonchev–Trinajstić information content (AvgIpc) is 2.66. The van der Waals surface area contributed by atoms with Crippen molar-refractivity contribution in [3.63, 3.8) is 0 Å². The number of nitrogens with one attached hydrogen (secondary N) is 1. The van der Waals surface area contributed by atoms with Crippen LogP contribution in [0.4, 0.5) is 5.82 Å². The van der Waals surface area contributed by atoms with Crippen LogP contribution in [-0.4, -0.2) is 47.2 Å². The van der Waals surface area contributed by atoms with Gasteiger partial charge >= 0.3 is 0 Å². The molecule has 0 spiro atoms. The summed E-state index contributed by atoms with van der Waals surface area (Å²) in [5, 5.41) is 22.7. The summed E-state index contributed by atoms with van der Waals surface area (Å²) in [5.74, 6) is -0.0523. The van der Waals surface area contributed by atoms with Crippen LogP contribution in [0.1, 0.15) is 24.8 Å². The number of anilines is 1. The maximum absolute atomic E-state index is 12.5. The van der Waals surface area contributed by atoms with Gasteiger partial charge in [-0.05, 0) is 48.7 Å². The third-order valence-corrected chi connectivity index (χ3v) is 5.96. The molecule has 1 aromatic heterocycles. The minimum absolute atomic E-state index is 0.164. The minimum atomic E-state index is -3.50. The van der Waals surface area contributed by atoms with E-state index in [9.17, 15) is 18.6 Å². The zero-order valence-electron chi connectivity index (χ0n) is 14.0. The number of hydrogen-bond acceptors (Lipinski definition) is 7. The smallest absolute Gasteiger partial charge is 0.244 e. The summed E-state index contributed by atoms with van der Waals surface area (Å²) in [4.78, 5) is 4.25. The summed E-state index contributed by atoms with van der Waals surface area (Å²) in [6, 6.07) is 7.35. The fourth-order valence-corrected chi connectivity index (χ4v) is 4.11. The number of aromatic nitrogens is 1. The van der Waals surface area contributed by atoms with Crippen LogP contribution < -0.4 is 5.43 Å². The number of hydrazone groups is 1. The van der Waals surface area contributed by atoms with Gasteiger partial charge in [0.25, 0.3) is 0 Å². The third-order valence-electron chi connectivity index (χ3n) is 4.08. The van der Waals surface area contributed by atoms with Gasteiger partial charge in [-0.25, -0.2) is 13.4 Å². The highest BCUT2D eigenvalue weighted by Gasteiger charge is 2.26. The lowest BCUT2D eigenvalue weighted by Gasteiger charge is -2.25. The van der Waals surface area contributed by atoms with Crippen molar-refractivity contribution in [1.82, 2.24) is 9.29 Å². The van der Waals surface area contributed by atoms with Crippen molar-refractivity contribution in [2.75, 3.05) is 18.5 Å².